The first-order valence-corrected chi connectivity index (χ1v) is 9.36. The van der Waals surface area contributed by atoms with E-state index in [0.29, 0.717) is 5.71 Å². The summed E-state index contributed by atoms with van der Waals surface area (Å²) >= 11 is 0. The highest BCUT2D eigenvalue weighted by Crippen LogP contribution is 2.42. The van der Waals surface area contributed by atoms with Crippen molar-refractivity contribution in [3.8, 4) is 11.3 Å². The van der Waals surface area contributed by atoms with Crippen molar-refractivity contribution in [1.82, 2.24) is 4.98 Å². The minimum Gasteiger partial charge on any atom is -0.437 e. The molecule has 2 aromatic carbocycles. The minimum absolute atomic E-state index is 0.692. The van der Waals surface area contributed by atoms with Gasteiger partial charge in [0, 0.05) is 28.6 Å². The van der Waals surface area contributed by atoms with Gasteiger partial charge < -0.3 is 4.42 Å². The van der Waals surface area contributed by atoms with E-state index in [0.717, 1.165) is 34.0 Å². The zero-order chi connectivity index (χ0) is 18.5. The van der Waals surface area contributed by atoms with Gasteiger partial charge in [-0.2, -0.15) is 0 Å². The van der Waals surface area contributed by atoms with Crippen LogP contribution >= 0.6 is 0 Å². The van der Waals surface area contributed by atoms with Gasteiger partial charge in [0.05, 0.1) is 5.56 Å². The third-order valence-corrected chi connectivity index (χ3v) is 5.53. The Balaban J connectivity index is 2.01. The van der Waals surface area contributed by atoms with E-state index in [9.17, 15) is 0 Å². The van der Waals surface area contributed by atoms with Gasteiger partial charge in [0.25, 0.3) is 0 Å². The van der Waals surface area contributed by atoms with E-state index in [-0.39, 0.29) is 0 Å². The van der Waals surface area contributed by atoms with Crippen molar-refractivity contribution < 1.29 is 8.98 Å². The van der Waals surface area contributed by atoms with Crippen molar-refractivity contribution in [2.24, 2.45) is 7.05 Å². The maximum atomic E-state index is 6.31. The van der Waals surface area contributed by atoms with Crippen LogP contribution in [-0.4, -0.2) is 4.98 Å². The zero-order valence-electron chi connectivity index (χ0n) is 15.8. The lowest BCUT2D eigenvalue weighted by molar-refractivity contribution is -0.660. The van der Waals surface area contributed by atoms with Gasteiger partial charge in [-0.05, 0) is 47.9 Å². The van der Waals surface area contributed by atoms with E-state index in [1.165, 1.54) is 21.9 Å². The summed E-state index contributed by atoms with van der Waals surface area (Å²) in [5.74, 6) is 0. The number of furan rings is 1. The Hall–Kier alpha value is -3.20. The fourth-order valence-electron chi connectivity index (χ4n) is 4.15. The fourth-order valence-corrected chi connectivity index (χ4v) is 4.15. The Morgan fingerprint density at radius 1 is 0.963 bits per heavy atom. The monoisotopic (exact) mass is 353 g/mol. The highest BCUT2D eigenvalue weighted by molar-refractivity contribution is 6.22. The SMILES string of the molecule is CCc1ccc(-c2c(C)c3ccccc3c3c2oc2ncccc23)[n+](C)c1. The Bertz CT molecular complexity index is 1330. The molecule has 0 saturated carbocycles. The maximum absolute atomic E-state index is 6.31. The highest BCUT2D eigenvalue weighted by atomic mass is 16.3. The van der Waals surface area contributed by atoms with Crippen LogP contribution in [0.1, 0.15) is 18.1 Å². The molecule has 3 heteroatoms. The summed E-state index contributed by atoms with van der Waals surface area (Å²) in [5.41, 5.74) is 6.46. The lowest BCUT2D eigenvalue weighted by Crippen LogP contribution is -2.31. The molecule has 132 valence electrons. The Labute approximate surface area is 157 Å². The van der Waals surface area contributed by atoms with Gasteiger partial charge in [-0.1, -0.05) is 31.2 Å². The molecular formula is C24H21N2O+. The maximum Gasteiger partial charge on any atom is 0.227 e. The second kappa shape index (κ2) is 5.92. The quantitative estimate of drug-likeness (QED) is 0.392. The molecule has 0 aliphatic heterocycles. The van der Waals surface area contributed by atoms with Gasteiger partial charge in [-0.25, -0.2) is 9.55 Å². The first-order valence-electron chi connectivity index (χ1n) is 9.36. The molecule has 0 unspecified atom stereocenters. The molecule has 0 saturated heterocycles. The fraction of sp³-hybridized carbons (Fsp3) is 0.167. The number of nitrogens with zero attached hydrogens (tertiary/aromatic N) is 2. The van der Waals surface area contributed by atoms with E-state index in [1.54, 1.807) is 6.20 Å². The average Bonchev–Trinajstić information content (AvgIpc) is 3.08. The Morgan fingerprint density at radius 2 is 1.74 bits per heavy atom. The lowest BCUT2D eigenvalue weighted by atomic mass is 9.93. The normalized spacial score (nSPS) is 11.7. The summed E-state index contributed by atoms with van der Waals surface area (Å²) in [6.07, 6.45) is 5.01. The van der Waals surface area contributed by atoms with Crippen molar-refractivity contribution in [2.75, 3.05) is 0 Å². The first-order chi connectivity index (χ1) is 13.2. The number of fused-ring (bicyclic) bond motifs is 5. The van der Waals surface area contributed by atoms with Gasteiger partial charge >= 0.3 is 0 Å². The molecule has 0 bridgehead atoms. The molecular weight excluding hydrogens is 332 g/mol. The zero-order valence-corrected chi connectivity index (χ0v) is 15.8. The van der Waals surface area contributed by atoms with E-state index in [4.69, 9.17) is 4.42 Å². The summed E-state index contributed by atoms with van der Waals surface area (Å²) in [6, 6.07) is 17.0. The van der Waals surface area contributed by atoms with Crippen molar-refractivity contribution in [2.45, 2.75) is 20.3 Å². The Kier molecular flexibility index (Phi) is 3.51. The number of hydrogen-bond acceptors (Lipinski definition) is 2. The molecule has 5 rings (SSSR count). The summed E-state index contributed by atoms with van der Waals surface area (Å²) in [4.78, 5) is 4.47. The van der Waals surface area contributed by atoms with Gasteiger partial charge in [-0.15, -0.1) is 0 Å². The third kappa shape index (κ3) is 2.28. The van der Waals surface area contributed by atoms with Crippen molar-refractivity contribution >= 4 is 32.8 Å². The molecule has 0 radical (unpaired) electrons. The van der Waals surface area contributed by atoms with E-state index in [1.807, 2.05) is 6.07 Å². The molecule has 0 amide bonds. The molecule has 0 N–H and O–H groups in total. The molecule has 27 heavy (non-hydrogen) atoms. The second-order valence-corrected chi connectivity index (χ2v) is 7.09. The van der Waals surface area contributed by atoms with Crippen LogP contribution in [0.3, 0.4) is 0 Å². The standard InChI is InChI=1S/C24H21N2O/c1-4-16-11-12-20(26(3)14-16)21-15(2)17-8-5-6-9-18(17)22-19-10-7-13-25-24(19)27-23(21)22/h5-14H,4H2,1-3H3/q+1. The van der Waals surface area contributed by atoms with Crippen LogP contribution in [0.2, 0.25) is 0 Å². The topological polar surface area (TPSA) is 29.9 Å². The number of hydrogen-bond donors (Lipinski definition) is 0. The highest BCUT2D eigenvalue weighted by Gasteiger charge is 2.24. The molecule has 0 aliphatic rings. The van der Waals surface area contributed by atoms with Crippen LogP contribution in [0.4, 0.5) is 0 Å². The lowest BCUT2D eigenvalue weighted by Gasteiger charge is -2.10. The summed E-state index contributed by atoms with van der Waals surface area (Å²) in [5, 5.41) is 4.69. The van der Waals surface area contributed by atoms with Crippen LogP contribution in [0, 0.1) is 6.92 Å². The van der Waals surface area contributed by atoms with Crippen molar-refractivity contribution in [3.63, 3.8) is 0 Å². The smallest absolute Gasteiger partial charge is 0.227 e. The molecule has 0 fully saturated rings. The number of aryl methyl sites for hydroxylation is 3. The average molecular weight is 353 g/mol. The number of aromatic nitrogens is 2. The van der Waals surface area contributed by atoms with Crippen molar-refractivity contribution in [1.29, 1.82) is 0 Å². The van der Waals surface area contributed by atoms with E-state index in [2.05, 4.69) is 79.1 Å². The van der Waals surface area contributed by atoms with Crippen LogP contribution in [0.15, 0.2) is 65.3 Å². The summed E-state index contributed by atoms with van der Waals surface area (Å²) in [7, 11) is 2.11. The molecule has 0 spiro atoms. The molecule has 3 heterocycles. The predicted octanol–water partition coefficient (Wildman–Crippen LogP) is 5.50. The van der Waals surface area contributed by atoms with Gasteiger partial charge in [0.15, 0.2) is 11.8 Å². The first kappa shape index (κ1) is 16.0. The van der Waals surface area contributed by atoms with Crippen LogP contribution in [0.25, 0.3) is 44.1 Å². The number of rotatable bonds is 2. The van der Waals surface area contributed by atoms with Gasteiger partial charge in [-0.3, -0.25) is 0 Å². The Morgan fingerprint density at radius 3 is 2.52 bits per heavy atom. The van der Waals surface area contributed by atoms with Crippen LogP contribution in [-0.2, 0) is 13.5 Å². The molecule has 5 aromatic rings. The van der Waals surface area contributed by atoms with E-state index >= 15 is 0 Å². The van der Waals surface area contributed by atoms with Gasteiger partial charge in [0.1, 0.15) is 7.05 Å². The largest absolute Gasteiger partial charge is 0.437 e. The van der Waals surface area contributed by atoms with Crippen LogP contribution in [0.5, 0.6) is 0 Å². The third-order valence-electron chi connectivity index (χ3n) is 5.53. The van der Waals surface area contributed by atoms with Gasteiger partial charge in [0.2, 0.25) is 11.4 Å². The number of pyridine rings is 2. The number of benzene rings is 2. The molecule has 3 aromatic heterocycles. The summed E-state index contributed by atoms with van der Waals surface area (Å²) < 4.78 is 8.52. The predicted molar refractivity (Wildman–Crippen MR) is 110 cm³/mol. The van der Waals surface area contributed by atoms with E-state index < -0.39 is 0 Å². The van der Waals surface area contributed by atoms with Crippen molar-refractivity contribution in [3.05, 3.63) is 72.1 Å². The molecule has 0 atom stereocenters. The molecule has 0 aliphatic carbocycles. The van der Waals surface area contributed by atoms with Crippen LogP contribution < -0.4 is 4.57 Å². The molecule has 3 nitrogen and oxygen atoms in total. The summed E-state index contributed by atoms with van der Waals surface area (Å²) in [6.45, 7) is 4.37. The minimum atomic E-state index is 0.692. The second-order valence-electron chi connectivity index (χ2n) is 7.09.